The molecule has 1 aliphatic carbocycles. The fraction of sp³-hybridized carbons (Fsp3) is 0.500. The van der Waals surface area contributed by atoms with Crippen molar-refractivity contribution in [3.05, 3.63) is 35.4 Å². The highest BCUT2D eigenvalue weighted by molar-refractivity contribution is 5.32. The van der Waals surface area contributed by atoms with Crippen molar-refractivity contribution in [2.24, 2.45) is 17.7 Å². The van der Waals surface area contributed by atoms with Gasteiger partial charge in [-0.3, -0.25) is 0 Å². The SMILES string of the molecule is CC(CON)C1Cc2ccccc2C1. The molecular weight excluding hydrogens is 174 g/mol. The van der Waals surface area contributed by atoms with Gasteiger partial charge in [-0.1, -0.05) is 31.2 Å². The summed E-state index contributed by atoms with van der Waals surface area (Å²) in [5, 5.41) is 0. The molecule has 1 unspecified atom stereocenters. The minimum atomic E-state index is 0.549. The Kier molecular flexibility index (Phi) is 2.85. The summed E-state index contributed by atoms with van der Waals surface area (Å²) in [4.78, 5) is 4.71. The fourth-order valence-corrected chi connectivity index (χ4v) is 2.28. The molecule has 0 saturated heterocycles. The third kappa shape index (κ3) is 1.81. The molecule has 0 amide bonds. The van der Waals surface area contributed by atoms with E-state index in [0.29, 0.717) is 18.4 Å². The van der Waals surface area contributed by atoms with E-state index >= 15 is 0 Å². The largest absolute Gasteiger partial charge is 0.304 e. The minimum Gasteiger partial charge on any atom is -0.304 e. The molecule has 0 spiro atoms. The number of nitrogens with two attached hydrogens (primary N) is 1. The maximum Gasteiger partial charge on any atom is 0.0707 e. The van der Waals surface area contributed by atoms with Gasteiger partial charge in [0.15, 0.2) is 0 Å². The normalized spacial score (nSPS) is 18.1. The van der Waals surface area contributed by atoms with Crippen LogP contribution in [-0.4, -0.2) is 6.61 Å². The van der Waals surface area contributed by atoms with E-state index in [0.717, 1.165) is 0 Å². The topological polar surface area (TPSA) is 35.2 Å². The van der Waals surface area contributed by atoms with Crippen LogP contribution in [0.4, 0.5) is 0 Å². The quantitative estimate of drug-likeness (QED) is 0.741. The molecule has 0 radical (unpaired) electrons. The summed E-state index contributed by atoms with van der Waals surface area (Å²) in [6, 6.07) is 8.69. The van der Waals surface area contributed by atoms with Gasteiger partial charge in [-0.2, -0.15) is 0 Å². The molecule has 0 saturated carbocycles. The first-order chi connectivity index (χ1) is 6.81. The molecule has 0 bridgehead atoms. The number of benzene rings is 1. The molecule has 0 aliphatic heterocycles. The number of hydrogen-bond donors (Lipinski definition) is 1. The van der Waals surface area contributed by atoms with E-state index < -0.39 is 0 Å². The van der Waals surface area contributed by atoms with Crippen LogP contribution in [0.2, 0.25) is 0 Å². The summed E-state index contributed by atoms with van der Waals surface area (Å²) in [6.07, 6.45) is 2.36. The average molecular weight is 191 g/mol. The molecule has 2 nitrogen and oxygen atoms in total. The Balaban J connectivity index is 2.04. The van der Waals surface area contributed by atoms with Gasteiger partial charge >= 0.3 is 0 Å². The molecule has 1 aromatic carbocycles. The standard InChI is InChI=1S/C12H17NO/c1-9(8-14-13)12-6-10-4-2-3-5-11(10)7-12/h2-5,9,12H,6-8,13H2,1H3. The number of hydrogen-bond acceptors (Lipinski definition) is 2. The van der Waals surface area contributed by atoms with Crippen LogP contribution in [-0.2, 0) is 17.7 Å². The first-order valence-electron chi connectivity index (χ1n) is 5.19. The first-order valence-corrected chi connectivity index (χ1v) is 5.19. The van der Waals surface area contributed by atoms with Crippen LogP contribution in [0, 0.1) is 11.8 Å². The lowest BCUT2D eigenvalue weighted by Crippen LogP contribution is -2.19. The summed E-state index contributed by atoms with van der Waals surface area (Å²) < 4.78 is 0. The summed E-state index contributed by atoms with van der Waals surface area (Å²) in [5.74, 6) is 6.36. The van der Waals surface area contributed by atoms with Gasteiger partial charge in [-0.25, -0.2) is 5.90 Å². The zero-order valence-electron chi connectivity index (χ0n) is 8.57. The van der Waals surface area contributed by atoms with Gasteiger partial charge in [0.25, 0.3) is 0 Å². The lowest BCUT2D eigenvalue weighted by molar-refractivity contribution is 0.0865. The Morgan fingerprint density at radius 2 is 1.93 bits per heavy atom. The third-order valence-corrected chi connectivity index (χ3v) is 3.25. The van der Waals surface area contributed by atoms with Gasteiger partial charge in [0.05, 0.1) is 6.61 Å². The molecule has 2 heteroatoms. The summed E-state index contributed by atoms with van der Waals surface area (Å²) >= 11 is 0. The predicted molar refractivity (Wildman–Crippen MR) is 56.6 cm³/mol. The molecular formula is C12H17NO. The van der Waals surface area contributed by atoms with Crippen molar-refractivity contribution in [2.45, 2.75) is 19.8 Å². The molecule has 76 valence electrons. The van der Waals surface area contributed by atoms with Gasteiger partial charge in [0.1, 0.15) is 0 Å². The highest BCUT2D eigenvalue weighted by atomic mass is 16.6. The van der Waals surface area contributed by atoms with Crippen molar-refractivity contribution in [1.29, 1.82) is 0 Å². The minimum absolute atomic E-state index is 0.549. The smallest absolute Gasteiger partial charge is 0.0707 e. The van der Waals surface area contributed by atoms with Gasteiger partial charge < -0.3 is 4.84 Å². The Bertz CT molecular complexity index is 286. The van der Waals surface area contributed by atoms with E-state index in [-0.39, 0.29) is 0 Å². The highest BCUT2D eigenvalue weighted by Gasteiger charge is 2.25. The maximum atomic E-state index is 5.10. The monoisotopic (exact) mass is 191 g/mol. The van der Waals surface area contributed by atoms with Crippen LogP contribution in [0.3, 0.4) is 0 Å². The molecule has 14 heavy (non-hydrogen) atoms. The number of rotatable bonds is 3. The summed E-state index contributed by atoms with van der Waals surface area (Å²) in [6.45, 7) is 2.88. The maximum absolute atomic E-state index is 5.10. The van der Waals surface area contributed by atoms with Crippen LogP contribution in [0.5, 0.6) is 0 Å². The second-order valence-corrected chi connectivity index (χ2v) is 4.25. The van der Waals surface area contributed by atoms with Crippen LogP contribution in [0.25, 0.3) is 0 Å². The Morgan fingerprint density at radius 1 is 1.36 bits per heavy atom. The van der Waals surface area contributed by atoms with Gasteiger partial charge in [-0.05, 0) is 35.8 Å². The van der Waals surface area contributed by atoms with E-state index in [4.69, 9.17) is 10.7 Å². The third-order valence-electron chi connectivity index (χ3n) is 3.25. The van der Waals surface area contributed by atoms with Gasteiger partial charge in [-0.15, -0.1) is 0 Å². The van der Waals surface area contributed by atoms with E-state index in [2.05, 4.69) is 31.2 Å². The van der Waals surface area contributed by atoms with Crippen molar-refractivity contribution in [1.82, 2.24) is 0 Å². The highest BCUT2D eigenvalue weighted by Crippen LogP contribution is 2.31. The molecule has 0 heterocycles. The van der Waals surface area contributed by atoms with Crippen LogP contribution in [0.15, 0.2) is 24.3 Å². The van der Waals surface area contributed by atoms with Crippen LogP contribution < -0.4 is 5.90 Å². The Labute approximate surface area is 85.0 Å². The molecule has 0 fully saturated rings. The molecule has 0 aromatic heterocycles. The second-order valence-electron chi connectivity index (χ2n) is 4.25. The molecule has 2 rings (SSSR count). The zero-order valence-corrected chi connectivity index (χ0v) is 8.57. The van der Waals surface area contributed by atoms with E-state index in [1.54, 1.807) is 0 Å². The van der Waals surface area contributed by atoms with Crippen molar-refractivity contribution in [2.75, 3.05) is 6.61 Å². The van der Waals surface area contributed by atoms with Crippen LogP contribution >= 0.6 is 0 Å². The van der Waals surface area contributed by atoms with Crippen LogP contribution in [0.1, 0.15) is 18.1 Å². The molecule has 2 N–H and O–H groups in total. The summed E-state index contributed by atoms with van der Waals surface area (Å²) in [5.41, 5.74) is 3.00. The van der Waals surface area contributed by atoms with Gasteiger partial charge in [0.2, 0.25) is 0 Å². The molecule has 1 aliphatic rings. The predicted octanol–water partition coefficient (Wildman–Crippen LogP) is 1.93. The lowest BCUT2D eigenvalue weighted by Gasteiger charge is -2.16. The Hall–Kier alpha value is -0.860. The fourth-order valence-electron chi connectivity index (χ4n) is 2.28. The average Bonchev–Trinajstić information content (AvgIpc) is 2.61. The van der Waals surface area contributed by atoms with Crippen molar-refractivity contribution in [3.8, 4) is 0 Å². The molecule has 1 atom stereocenters. The second kappa shape index (κ2) is 4.11. The van der Waals surface area contributed by atoms with Crippen molar-refractivity contribution < 1.29 is 4.84 Å². The van der Waals surface area contributed by atoms with E-state index in [1.807, 2.05) is 0 Å². The van der Waals surface area contributed by atoms with Crippen molar-refractivity contribution >= 4 is 0 Å². The van der Waals surface area contributed by atoms with E-state index in [1.165, 1.54) is 24.0 Å². The molecule has 1 aromatic rings. The van der Waals surface area contributed by atoms with Crippen molar-refractivity contribution in [3.63, 3.8) is 0 Å². The first kappa shape index (κ1) is 9.69. The Morgan fingerprint density at radius 3 is 2.43 bits per heavy atom. The zero-order chi connectivity index (χ0) is 9.97. The lowest BCUT2D eigenvalue weighted by atomic mass is 9.92. The van der Waals surface area contributed by atoms with Gasteiger partial charge in [0, 0.05) is 0 Å². The summed E-state index contributed by atoms with van der Waals surface area (Å²) in [7, 11) is 0. The number of fused-ring (bicyclic) bond motifs is 1. The van der Waals surface area contributed by atoms with E-state index in [9.17, 15) is 0 Å².